The van der Waals surface area contributed by atoms with Crippen molar-refractivity contribution in [2.24, 2.45) is 0 Å². The van der Waals surface area contributed by atoms with Gasteiger partial charge in [0.1, 0.15) is 5.82 Å². The van der Waals surface area contributed by atoms with Crippen molar-refractivity contribution in [2.45, 2.75) is 18.9 Å². The lowest BCUT2D eigenvalue weighted by molar-refractivity contribution is -0.117. The molecular weight excluding hydrogens is 249 g/mol. The minimum atomic E-state index is -0.503. The molecule has 2 rings (SSSR count). The lowest BCUT2D eigenvalue weighted by Crippen LogP contribution is -2.40. The van der Waals surface area contributed by atoms with Crippen molar-refractivity contribution in [1.29, 1.82) is 0 Å². The molecule has 0 saturated carbocycles. The third kappa shape index (κ3) is 3.90. The van der Waals surface area contributed by atoms with E-state index in [0.717, 1.165) is 0 Å². The molecule has 4 N–H and O–H groups in total. The molecular formula is C13H18FN3O2. The van der Waals surface area contributed by atoms with Crippen LogP contribution in [0.5, 0.6) is 0 Å². The van der Waals surface area contributed by atoms with Crippen molar-refractivity contribution in [3.05, 3.63) is 24.0 Å². The van der Waals surface area contributed by atoms with Gasteiger partial charge in [0.05, 0.1) is 18.3 Å². The van der Waals surface area contributed by atoms with Crippen molar-refractivity contribution in [1.82, 2.24) is 4.90 Å². The lowest BCUT2D eigenvalue weighted by atomic mass is 10.1. The number of aliphatic hydroxyl groups excluding tert-OH is 1. The lowest BCUT2D eigenvalue weighted by Gasteiger charge is -2.28. The van der Waals surface area contributed by atoms with Crippen LogP contribution in [0.4, 0.5) is 15.8 Å². The largest absolute Gasteiger partial charge is 0.399 e. The number of nitrogen functional groups attached to an aromatic ring is 1. The number of piperidine rings is 1. The zero-order valence-electron chi connectivity index (χ0n) is 10.6. The number of rotatable bonds is 3. The molecule has 0 atom stereocenters. The normalized spacial score (nSPS) is 17.4. The molecule has 1 aliphatic heterocycles. The summed E-state index contributed by atoms with van der Waals surface area (Å²) in [7, 11) is 0. The minimum Gasteiger partial charge on any atom is -0.399 e. The number of benzene rings is 1. The Morgan fingerprint density at radius 2 is 2.16 bits per heavy atom. The monoisotopic (exact) mass is 267 g/mol. The summed E-state index contributed by atoms with van der Waals surface area (Å²) in [5.41, 5.74) is 6.05. The number of aliphatic hydroxyl groups is 1. The minimum absolute atomic E-state index is 0.0991. The molecule has 1 amide bonds. The molecule has 6 heteroatoms. The summed E-state index contributed by atoms with van der Waals surface area (Å²) >= 11 is 0. The Morgan fingerprint density at radius 1 is 1.47 bits per heavy atom. The van der Waals surface area contributed by atoms with Crippen molar-refractivity contribution < 1.29 is 14.3 Å². The van der Waals surface area contributed by atoms with Crippen LogP contribution >= 0.6 is 0 Å². The van der Waals surface area contributed by atoms with Crippen molar-refractivity contribution in [3.8, 4) is 0 Å². The van der Waals surface area contributed by atoms with Gasteiger partial charge in [-0.3, -0.25) is 9.69 Å². The van der Waals surface area contributed by atoms with Crippen molar-refractivity contribution in [2.75, 3.05) is 30.7 Å². The molecule has 0 radical (unpaired) electrons. The van der Waals surface area contributed by atoms with Crippen LogP contribution in [-0.2, 0) is 4.79 Å². The van der Waals surface area contributed by atoms with Gasteiger partial charge >= 0.3 is 0 Å². The second kappa shape index (κ2) is 5.99. The van der Waals surface area contributed by atoms with Crippen LogP contribution in [0, 0.1) is 5.82 Å². The van der Waals surface area contributed by atoms with Crippen LogP contribution in [0.15, 0.2) is 18.2 Å². The zero-order chi connectivity index (χ0) is 13.8. The fourth-order valence-corrected chi connectivity index (χ4v) is 2.11. The highest BCUT2D eigenvalue weighted by Crippen LogP contribution is 2.17. The fourth-order valence-electron chi connectivity index (χ4n) is 2.11. The molecule has 1 heterocycles. The van der Waals surface area contributed by atoms with Gasteiger partial charge in [0, 0.05) is 18.8 Å². The van der Waals surface area contributed by atoms with E-state index >= 15 is 0 Å². The van der Waals surface area contributed by atoms with Gasteiger partial charge in [-0.1, -0.05) is 0 Å². The molecule has 1 aromatic rings. The molecule has 0 aromatic heterocycles. The van der Waals surface area contributed by atoms with Gasteiger partial charge in [-0.25, -0.2) is 4.39 Å². The summed E-state index contributed by atoms with van der Waals surface area (Å²) in [5.74, 6) is -0.780. The van der Waals surface area contributed by atoms with Gasteiger partial charge in [0.15, 0.2) is 0 Å². The molecule has 1 fully saturated rings. The predicted molar refractivity (Wildman–Crippen MR) is 71.1 cm³/mol. The molecule has 0 bridgehead atoms. The van der Waals surface area contributed by atoms with Gasteiger partial charge in [-0.2, -0.15) is 0 Å². The predicted octanol–water partition coefficient (Wildman–Crippen LogP) is 0.803. The van der Waals surface area contributed by atoms with E-state index in [4.69, 9.17) is 5.73 Å². The second-order valence-electron chi connectivity index (χ2n) is 4.79. The second-order valence-corrected chi connectivity index (χ2v) is 4.79. The quantitative estimate of drug-likeness (QED) is 0.708. The first-order chi connectivity index (χ1) is 9.04. The van der Waals surface area contributed by atoms with E-state index in [1.807, 2.05) is 4.90 Å². The Kier molecular flexibility index (Phi) is 4.34. The van der Waals surface area contributed by atoms with Gasteiger partial charge < -0.3 is 16.2 Å². The summed E-state index contributed by atoms with van der Waals surface area (Å²) in [4.78, 5) is 13.7. The van der Waals surface area contributed by atoms with Crippen molar-refractivity contribution in [3.63, 3.8) is 0 Å². The number of amides is 1. The van der Waals surface area contributed by atoms with Crippen LogP contribution in [-0.4, -0.2) is 41.7 Å². The zero-order valence-corrected chi connectivity index (χ0v) is 10.6. The number of nitrogens with one attached hydrogen (secondary N) is 1. The number of nitrogens with two attached hydrogens (primary N) is 1. The Hall–Kier alpha value is -1.66. The van der Waals surface area contributed by atoms with Gasteiger partial charge in [0.2, 0.25) is 5.91 Å². The number of hydrogen-bond donors (Lipinski definition) is 3. The topological polar surface area (TPSA) is 78.6 Å². The van der Waals surface area contributed by atoms with E-state index in [9.17, 15) is 14.3 Å². The molecule has 5 nitrogen and oxygen atoms in total. The van der Waals surface area contributed by atoms with Crippen molar-refractivity contribution >= 4 is 17.3 Å². The van der Waals surface area contributed by atoms with Crippen LogP contribution in [0.25, 0.3) is 0 Å². The Morgan fingerprint density at radius 3 is 2.84 bits per heavy atom. The SMILES string of the molecule is Nc1ccc(F)c(NC(=O)CN2CCC(O)CC2)c1. The number of anilines is 2. The number of nitrogens with zero attached hydrogens (tertiary/aromatic N) is 1. The third-order valence-electron chi connectivity index (χ3n) is 3.19. The maximum atomic E-state index is 13.4. The fraction of sp³-hybridized carbons (Fsp3) is 0.462. The Balaban J connectivity index is 1.89. The maximum absolute atomic E-state index is 13.4. The standard InChI is InChI=1S/C13H18FN3O2/c14-11-2-1-9(15)7-12(11)16-13(19)8-17-5-3-10(18)4-6-17/h1-2,7,10,18H,3-6,8,15H2,(H,16,19). The number of carbonyl (C=O) groups is 1. The third-order valence-corrected chi connectivity index (χ3v) is 3.19. The van der Waals surface area contributed by atoms with Gasteiger partial charge in [-0.05, 0) is 31.0 Å². The molecule has 19 heavy (non-hydrogen) atoms. The van der Waals surface area contributed by atoms with E-state index in [-0.39, 0.29) is 24.2 Å². The molecule has 1 aromatic carbocycles. The average molecular weight is 267 g/mol. The number of hydrogen-bond acceptors (Lipinski definition) is 4. The first-order valence-corrected chi connectivity index (χ1v) is 6.30. The highest BCUT2D eigenvalue weighted by molar-refractivity contribution is 5.92. The summed E-state index contributed by atoms with van der Waals surface area (Å²) in [5, 5.41) is 11.9. The summed E-state index contributed by atoms with van der Waals surface area (Å²) in [6.45, 7) is 1.54. The molecule has 104 valence electrons. The highest BCUT2D eigenvalue weighted by Gasteiger charge is 2.19. The summed E-state index contributed by atoms with van der Waals surface area (Å²) < 4.78 is 13.4. The average Bonchev–Trinajstić information content (AvgIpc) is 2.37. The van der Waals surface area contributed by atoms with E-state index in [0.29, 0.717) is 31.6 Å². The van der Waals surface area contributed by atoms with Crippen LogP contribution < -0.4 is 11.1 Å². The molecule has 0 spiro atoms. The van der Waals surface area contributed by atoms with E-state index in [1.54, 1.807) is 0 Å². The van der Waals surface area contributed by atoms with E-state index in [2.05, 4.69) is 5.32 Å². The summed E-state index contributed by atoms with van der Waals surface area (Å²) in [6, 6.07) is 4.06. The number of carbonyl (C=O) groups excluding carboxylic acids is 1. The van der Waals surface area contributed by atoms with Crippen LogP contribution in [0.2, 0.25) is 0 Å². The summed E-state index contributed by atoms with van der Waals surface area (Å²) in [6.07, 6.45) is 1.06. The van der Waals surface area contributed by atoms with Gasteiger partial charge in [0.25, 0.3) is 0 Å². The Bertz CT molecular complexity index is 459. The highest BCUT2D eigenvalue weighted by atomic mass is 19.1. The van der Waals surface area contributed by atoms with E-state index < -0.39 is 5.82 Å². The van der Waals surface area contributed by atoms with Crippen LogP contribution in [0.3, 0.4) is 0 Å². The molecule has 0 aliphatic carbocycles. The molecule has 1 saturated heterocycles. The first kappa shape index (κ1) is 13.8. The van der Waals surface area contributed by atoms with E-state index in [1.165, 1.54) is 18.2 Å². The first-order valence-electron chi connectivity index (χ1n) is 6.30. The molecule has 1 aliphatic rings. The Labute approximate surface area is 111 Å². The van der Waals surface area contributed by atoms with Gasteiger partial charge in [-0.15, -0.1) is 0 Å². The van der Waals surface area contributed by atoms with Crippen LogP contribution in [0.1, 0.15) is 12.8 Å². The number of halogens is 1. The maximum Gasteiger partial charge on any atom is 0.238 e. The smallest absolute Gasteiger partial charge is 0.238 e. The molecule has 0 unspecified atom stereocenters. The number of likely N-dealkylation sites (tertiary alicyclic amines) is 1.